The van der Waals surface area contributed by atoms with Gasteiger partial charge in [0.15, 0.2) is 5.78 Å². The second kappa shape index (κ2) is 5.32. The van der Waals surface area contributed by atoms with Crippen molar-refractivity contribution in [1.82, 2.24) is 0 Å². The van der Waals surface area contributed by atoms with Gasteiger partial charge >= 0.3 is 0 Å². The van der Waals surface area contributed by atoms with Crippen LogP contribution in [0, 0.1) is 0 Å². The van der Waals surface area contributed by atoms with Gasteiger partial charge in [0.1, 0.15) is 5.75 Å². The number of fused-ring (bicyclic) bond motifs is 1. The molecule has 0 amide bonds. The summed E-state index contributed by atoms with van der Waals surface area (Å²) in [7, 11) is 0. The van der Waals surface area contributed by atoms with Crippen molar-refractivity contribution in [3.05, 3.63) is 47.2 Å². The minimum Gasteiger partial charge on any atom is -0.491 e. The Balaban J connectivity index is 1.94. The van der Waals surface area contributed by atoms with Crippen molar-refractivity contribution in [2.45, 2.75) is 39.7 Å². The van der Waals surface area contributed by atoms with Crippen molar-refractivity contribution >= 4 is 17.1 Å². The van der Waals surface area contributed by atoms with E-state index >= 15 is 0 Å². The zero-order valence-electron chi connectivity index (χ0n) is 12.6. The average Bonchev–Trinajstić information content (AvgIpc) is 2.95. The van der Waals surface area contributed by atoms with Gasteiger partial charge in [0.2, 0.25) is 0 Å². The molecule has 0 radical (unpaired) electrons. The lowest BCUT2D eigenvalue weighted by atomic mass is 10.0. The summed E-state index contributed by atoms with van der Waals surface area (Å²) in [6.45, 7) is 6.00. The van der Waals surface area contributed by atoms with E-state index in [2.05, 4.69) is 4.99 Å². The molecule has 0 saturated carbocycles. The van der Waals surface area contributed by atoms with Crippen LogP contribution in [0.15, 0.2) is 41.0 Å². The van der Waals surface area contributed by atoms with Crippen molar-refractivity contribution in [2.24, 2.45) is 4.99 Å². The Morgan fingerprint density at radius 2 is 2.10 bits per heavy atom. The largest absolute Gasteiger partial charge is 0.491 e. The number of ketones is 1. The second-order valence-electron chi connectivity index (χ2n) is 5.89. The fourth-order valence-corrected chi connectivity index (χ4v) is 2.74. The first kappa shape index (κ1) is 13.8. The summed E-state index contributed by atoms with van der Waals surface area (Å²) < 4.78 is 5.73. The van der Waals surface area contributed by atoms with Gasteiger partial charge in [-0.1, -0.05) is 6.07 Å². The van der Waals surface area contributed by atoms with Crippen LogP contribution < -0.4 is 4.74 Å². The van der Waals surface area contributed by atoms with Crippen LogP contribution in [0.25, 0.3) is 5.57 Å². The van der Waals surface area contributed by atoms with E-state index in [4.69, 9.17) is 4.74 Å². The first-order chi connectivity index (χ1) is 10.0. The molecule has 0 bridgehead atoms. The summed E-state index contributed by atoms with van der Waals surface area (Å²) in [4.78, 5) is 16.5. The summed E-state index contributed by atoms with van der Waals surface area (Å²) >= 11 is 0. The number of hydrogen-bond acceptors (Lipinski definition) is 3. The standard InChI is InChI=1S/C18H19NO2/c1-11(2)21-15-5-4-14-8-18(20)17(16(14)9-15)7-13-6-12(3)19-10-13/h4-5,7,9-11H,6,8H2,1-3H3/b17-7-. The van der Waals surface area contributed by atoms with Crippen molar-refractivity contribution in [3.63, 3.8) is 0 Å². The van der Waals surface area contributed by atoms with Crippen LogP contribution in [0.3, 0.4) is 0 Å². The van der Waals surface area contributed by atoms with E-state index < -0.39 is 0 Å². The predicted octanol–water partition coefficient (Wildman–Crippen LogP) is 3.73. The normalized spacial score (nSPS) is 19.0. The van der Waals surface area contributed by atoms with E-state index in [0.29, 0.717) is 6.42 Å². The maximum Gasteiger partial charge on any atom is 0.167 e. The third-order valence-corrected chi connectivity index (χ3v) is 3.64. The van der Waals surface area contributed by atoms with Crippen LogP contribution in [0.1, 0.15) is 38.3 Å². The van der Waals surface area contributed by atoms with Crippen molar-refractivity contribution in [1.29, 1.82) is 0 Å². The van der Waals surface area contributed by atoms with E-state index in [9.17, 15) is 4.79 Å². The number of nitrogens with zero attached hydrogens (tertiary/aromatic N) is 1. The molecule has 108 valence electrons. The van der Waals surface area contributed by atoms with Gasteiger partial charge in [-0.15, -0.1) is 0 Å². The third kappa shape index (κ3) is 2.82. The molecular weight excluding hydrogens is 262 g/mol. The first-order valence-corrected chi connectivity index (χ1v) is 7.30. The number of carbonyl (C=O) groups excluding carboxylic acids is 1. The zero-order valence-corrected chi connectivity index (χ0v) is 12.6. The molecule has 0 aromatic heterocycles. The van der Waals surface area contributed by atoms with Gasteiger partial charge in [-0.25, -0.2) is 0 Å². The van der Waals surface area contributed by atoms with Gasteiger partial charge in [0, 0.05) is 30.3 Å². The van der Waals surface area contributed by atoms with Gasteiger partial charge in [0.05, 0.1) is 6.10 Å². The molecule has 0 spiro atoms. The number of rotatable bonds is 3. The summed E-state index contributed by atoms with van der Waals surface area (Å²) in [5.74, 6) is 0.995. The molecule has 0 fully saturated rings. The lowest BCUT2D eigenvalue weighted by Gasteiger charge is -2.11. The highest BCUT2D eigenvalue weighted by Gasteiger charge is 2.25. The number of ether oxygens (including phenoxy) is 1. The number of allylic oxidation sites excluding steroid dienone is 3. The highest BCUT2D eigenvalue weighted by Crippen LogP contribution is 2.34. The van der Waals surface area contributed by atoms with E-state index in [1.54, 1.807) is 0 Å². The summed E-state index contributed by atoms with van der Waals surface area (Å²) in [6.07, 6.45) is 5.26. The minimum atomic E-state index is 0.126. The molecular formula is C18H19NO2. The van der Waals surface area contributed by atoms with Gasteiger partial charge in [-0.2, -0.15) is 0 Å². The van der Waals surface area contributed by atoms with E-state index in [-0.39, 0.29) is 11.9 Å². The summed E-state index contributed by atoms with van der Waals surface area (Å²) in [5, 5.41) is 0. The molecule has 0 unspecified atom stereocenters. The molecule has 0 atom stereocenters. The third-order valence-electron chi connectivity index (χ3n) is 3.64. The van der Waals surface area contributed by atoms with Crippen LogP contribution in [-0.2, 0) is 11.2 Å². The Bertz CT molecular complexity index is 693. The fourth-order valence-electron chi connectivity index (χ4n) is 2.74. The topological polar surface area (TPSA) is 38.7 Å². The number of Topliss-reactive ketones (excluding diaryl/α,β-unsaturated/α-hetero) is 1. The zero-order chi connectivity index (χ0) is 15.0. The molecule has 3 rings (SSSR count). The Kier molecular flexibility index (Phi) is 3.50. The number of aliphatic imine (C=N–C) groups is 1. The molecule has 1 heterocycles. The Labute approximate surface area is 125 Å². The van der Waals surface area contributed by atoms with Crippen LogP contribution >= 0.6 is 0 Å². The molecule has 1 aromatic rings. The second-order valence-corrected chi connectivity index (χ2v) is 5.89. The molecule has 3 nitrogen and oxygen atoms in total. The molecule has 0 N–H and O–H groups in total. The molecule has 21 heavy (non-hydrogen) atoms. The Morgan fingerprint density at radius 3 is 2.76 bits per heavy atom. The smallest absolute Gasteiger partial charge is 0.167 e. The molecule has 3 heteroatoms. The summed E-state index contributed by atoms with van der Waals surface area (Å²) in [5.41, 5.74) is 5.06. The van der Waals surface area contributed by atoms with E-state index in [1.807, 2.05) is 51.2 Å². The predicted molar refractivity (Wildman–Crippen MR) is 84.7 cm³/mol. The molecule has 2 aliphatic rings. The minimum absolute atomic E-state index is 0.126. The maximum absolute atomic E-state index is 12.3. The van der Waals surface area contributed by atoms with Gasteiger partial charge < -0.3 is 4.74 Å². The van der Waals surface area contributed by atoms with Crippen LogP contribution in [0.2, 0.25) is 0 Å². The number of hydrogen-bond donors (Lipinski definition) is 0. The van der Waals surface area contributed by atoms with Gasteiger partial charge in [0.25, 0.3) is 0 Å². The maximum atomic E-state index is 12.3. The van der Waals surface area contributed by atoms with Gasteiger partial charge in [-0.3, -0.25) is 9.79 Å². The van der Waals surface area contributed by atoms with Crippen molar-refractivity contribution in [2.75, 3.05) is 0 Å². The highest BCUT2D eigenvalue weighted by atomic mass is 16.5. The lowest BCUT2D eigenvalue weighted by molar-refractivity contribution is -0.112. The Morgan fingerprint density at radius 1 is 1.29 bits per heavy atom. The van der Waals surface area contributed by atoms with Crippen molar-refractivity contribution < 1.29 is 9.53 Å². The van der Waals surface area contributed by atoms with E-state index in [0.717, 1.165) is 40.2 Å². The van der Waals surface area contributed by atoms with E-state index in [1.165, 1.54) is 0 Å². The van der Waals surface area contributed by atoms with Gasteiger partial charge in [-0.05, 0) is 55.7 Å². The molecule has 0 saturated heterocycles. The fraction of sp³-hybridized carbons (Fsp3) is 0.333. The lowest BCUT2D eigenvalue weighted by Crippen LogP contribution is -2.05. The monoisotopic (exact) mass is 281 g/mol. The molecule has 1 aliphatic carbocycles. The first-order valence-electron chi connectivity index (χ1n) is 7.30. The van der Waals surface area contributed by atoms with Crippen LogP contribution in [0.4, 0.5) is 0 Å². The molecule has 1 aliphatic heterocycles. The van der Waals surface area contributed by atoms with Crippen LogP contribution in [-0.4, -0.2) is 17.6 Å². The molecule has 1 aromatic carbocycles. The Hall–Kier alpha value is -2.16. The number of carbonyl (C=O) groups is 1. The average molecular weight is 281 g/mol. The highest BCUT2D eigenvalue weighted by molar-refractivity contribution is 6.26. The number of benzene rings is 1. The van der Waals surface area contributed by atoms with Crippen molar-refractivity contribution in [3.8, 4) is 5.75 Å². The summed E-state index contributed by atoms with van der Waals surface area (Å²) in [6, 6.07) is 5.92. The quantitative estimate of drug-likeness (QED) is 0.792. The SMILES string of the molecule is CC1=NC=C(/C=C2\C(=O)Cc3ccc(OC(C)C)cc32)C1. The van der Waals surface area contributed by atoms with Crippen LogP contribution in [0.5, 0.6) is 5.75 Å².